The minimum absolute atomic E-state index is 0. The molecule has 0 aromatic carbocycles. The second-order valence-electron chi connectivity index (χ2n) is 11.0. The highest BCUT2D eigenvalue weighted by molar-refractivity contribution is 5.91. The number of hydrogen-bond acceptors (Lipinski definition) is 6. The van der Waals surface area contributed by atoms with Gasteiger partial charge in [-0.25, -0.2) is 13.6 Å². The molecule has 39 heavy (non-hydrogen) atoms. The number of amides is 3. The summed E-state index contributed by atoms with van der Waals surface area (Å²) in [5.41, 5.74) is 6.21. The fourth-order valence-electron chi connectivity index (χ4n) is 6.26. The van der Waals surface area contributed by atoms with Gasteiger partial charge in [-0.05, 0) is 51.0 Å². The van der Waals surface area contributed by atoms with E-state index in [2.05, 4.69) is 15.4 Å². The summed E-state index contributed by atoms with van der Waals surface area (Å²) in [6.07, 6.45) is 4.52. The van der Waals surface area contributed by atoms with Gasteiger partial charge in [-0.1, -0.05) is 19.3 Å². The number of alkyl halides is 2. The molecule has 2 aliphatic carbocycles. The zero-order valence-corrected chi connectivity index (χ0v) is 22.8. The number of nitrogens with two attached hydrogens (primary N) is 1. The summed E-state index contributed by atoms with van der Waals surface area (Å²) in [4.78, 5) is 52.3. The second-order valence-corrected chi connectivity index (χ2v) is 11.0. The van der Waals surface area contributed by atoms with Crippen LogP contribution in [0, 0.1) is 17.8 Å². The quantitative estimate of drug-likeness (QED) is 0.269. The zero-order chi connectivity index (χ0) is 27.6. The number of ether oxygens (including phenoxy) is 1. The van der Waals surface area contributed by atoms with Crippen LogP contribution >= 0.6 is 12.4 Å². The molecular weight excluding hydrogens is 541 g/mol. The van der Waals surface area contributed by atoms with Crippen LogP contribution in [-0.4, -0.2) is 71.8 Å². The van der Waals surface area contributed by atoms with E-state index in [0.29, 0.717) is 31.7 Å². The van der Waals surface area contributed by atoms with Gasteiger partial charge in [-0.15, -0.1) is 12.4 Å². The van der Waals surface area contributed by atoms with Crippen LogP contribution in [-0.2, 0) is 23.9 Å². The van der Waals surface area contributed by atoms with Gasteiger partial charge in [0.2, 0.25) is 23.5 Å². The summed E-state index contributed by atoms with van der Waals surface area (Å²) >= 11 is 0. The van der Waals surface area contributed by atoms with Crippen molar-refractivity contribution in [1.29, 1.82) is 0 Å². The number of esters is 1. The van der Waals surface area contributed by atoms with E-state index in [0.717, 1.165) is 25.3 Å². The molecule has 0 aromatic heterocycles. The van der Waals surface area contributed by atoms with E-state index in [1.54, 1.807) is 0 Å². The van der Waals surface area contributed by atoms with Crippen LogP contribution in [0.1, 0.15) is 64.7 Å². The van der Waals surface area contributed by atoms with E-state index in [1.165, 1.54) is 11.8 Å². The number of carbonyl (C=O) groups excluding carboxylic acids is 4. The number of piperidine rings is 2. The van der Waals surface area contributed by atoms with Crippen molar-refractivity contribution in [3.8, 4) is 0 Å². The van der Waals surface area contributed by atoms with E-state index in [4.69, 9.17) is 5.73 Å². The Morgan fingerprint density at radius 1 is 1.21 bits per heavy atom. The van der Waals surface area contributed by atoms with E-state index < -0.39 is 72.0 Å². The molecule has 13 heteroatoms. The molecule has 2 saturated carbocycles. The average Bonchev–Trinajstić information content (AvgIpc) is 3.23. The van der Waals surface area contributed by atoms with Crippen molar-refractivity contribution >= 4 is 36.1 Å². The molecule has 3 heterocycles. The highest BCUT2D eigenvalue weighted by Crippen LogP contribution is 2.49. The van der Waals surface area contributed by atoms with Crippen LogP contribution in [0.4, 0.5) is 13.2 Å². The predicted molar refractivity (Wildman–Crippen MR) is 137 cm³/mol. The molecule has 3 amide bonds. The van der Waals surface area contributed by atoms with Crippen molar-refractivity contribution in [2.45, 2.75) is 94.8 Å². The Labute approximate surface area is 232 Å². The first kappa shape index (κ1) is 31.2. The summed E-state index contributed by atoms with van der Waals surface area (Å²) in [7, 11) is 0. The van der Waals surface area contributed by atoms with Gasteiger partial charge in [-0.3, -0.25) is 14.4 Å². The van der Waals surface area contributed by atoms with Gasteiger partial charge in [0.05, 0.1) is 24.6 Å². The molecule has 0 aromatic rings. The number of rotatable bonds is 10. The highest BCUT2D eigenvalue weighted by Gasteiger charge is 2.61. The fraction of sp³-hybridized carbons (Fsp3) is 0.769. The maximum absolute atomic E-state index is 15.0. The number of hydrogen-bond donors (Lipinski definition) is 3. The lowest BCUT2D eigenvalue weighted by molar-refractivity contribution is -0.195. The molecule has 0 unspecified atom stereocenters. The molecule has 0 radical (unpaired) electrons. The topological polar surface area (TPSA) is 131 Å². The van der Waals surface area contributed by atoms with Crippen LogP contribution in [0.5, 0.6) is 0 Å². The third-order valence-corrected chi connectivity index (χ3v) is 8.43. The molecule has 3 saturated heterocycles. The van der Waals surface area contributed by atoms with Gasteiger partial charge in [0.1, 0.15) is 6.04 Å². The van der Waals surface area contributed by atoms with Crippen molar-refractivity contribution in [3.63, 3.8) is 0 Å². The Bertz CT molecular complexity index is 979. The fourth-order valence-corrected chi connectivity index (χ4v) is 6.26. The third kappa shape index (κ3) is 6.87. The Balaban J connectivity index is 0.00000420. The molecule has 5 fully saturated rings. The van der Waals surface area contributed by atoms with Crippen molar-refractivity contribution in [3.05, 3.63) is 11.9 Å². The number of nitrogens with one attached hydrogen (secondary N) is 2. The van der Waals surface area contributed by atoms with Crippen molar-refractivity contribution in [1.82, 2.24) is 15.5 Å². The first-order valence-electron chi connectivity index (χ1n) is 13.6. The van der Waals surface area contributed by atoms with Gasteiger partial charge >= 0.3 is 5.97 Å². The molecule has 9 nitrogen and oxygen atoms in total. The Morgan fingerprint density at radius 2 is 1.92 bits per heavy atom. The maximum Gasteiger partial charge on any atom is 0.366 e. The van der Waals surface area contributed by atoms with Gasteiger partial charge < -0.3 is 26.0 Å². The lowest BCUT2D eigenvalue weighted by Crippen LogP contribution is -2.70. The van der Waals surface area contributed by atoms with E-state index in [-0.39, 0.29) is 37.8 Å². The summed E-state index contributed by atoms with van der Waals surface area (Å²) < 4.78 is 49.2. The van der Waals surface area contributed by atoms with Crippen LogP contribution in [0.25, 0.3) is 0 Å². The van der Waals surface area contributed by atoms with Gasteiger partial charge in [0.25, 0.3) is 5.92 Å². The number of fused-ring (bicyclic) bond motifs is 3. The zero-order valence-electron chi connectivity index (χ0n) is 22.0. The monoisotopic (exact) mass is 578 g/mol. The average molecular weight is 579 g/mol. The molecule has 4 N–H and O–H groups in total. The van der Waals surface area contributed by atoms with Crippen molar-refractivity contribution < 1.29 is 37.1 Å². The highest BCUT2D eigenvalue weighted by atomic mass is 35.5. The molecule has 2 bridgehead atoms. The largest absolute Gasteiger partial charge is 0.461 e. The van der Waals surface area contributed by atoms with E-state index in [9.17, 15) is 23.6 Å². The van der Waals surface area contributed by atoms with E-state index >= 15 is 8.78 Å². The summed E-state index contributed by atoms with van der Waals surface area (Å²) in [6, 6.07) is -4.38. The van der Waals surface area contributed by atoms with Crippen LogP contribution in [0.3, 0.4) is 0 Å². The smallest absolute Gasteiger partial charge is 0.366 e. The molecule has 6 atom stereocenters. The summed E-state index contributed by atoms with van der Waals surface area (Å²) in [5.74, 6) is -9.01. The van der Waals surface area contributed by atoms with Crippen LogP contribution in [0.15, 0.2) is 11.9 Å². The predicted octanol–water partition coefficient (Wildman–Crippen LogP) is 2.37. The van der Waals surface area contributed by atoms with Crippen LogP contribution < -0.4 is 16.4 Å². The van der Waals surface area contributed by atoms with Crippen LogP contribution in [0.2, 0.25) is 0 Å². The Hall–Kier alpha value is -2.34. The summed E-state index contributed by atoms with van der Waals surface area (Å²) in [5, 5.41) is 5.22. The second kappa shape index (κ2) is 12.9. The Morgan fingerprint density at radius 3 is 2.49 bits per heavy atom. The van der Waals surface area contributed by atoms with Gasteiger partial charge in [-0.2, -0.15) is 4.39 Å². The number of halogens is 4. The summed E-state index contributed by atoms with van der Waals surface area (Å²) in [6.45, 7) is 1.85. The molecule has 5 aliphatic rings. The lowest BCUT2D eigenvalue weighted by Gasteiger charge is -2.54. The molecule has 5 rings (SSSR count). The standard InChI is InChI=1S/C26H37F3N4O5.ClH/c1-2-38-25(37)19(27)12-16(11-15-8-9-31-22(15)34)32-23(35)21-18-7-6-17(13-26(18,28)29)33(21)24(36)20(30)10-14-4-3-5-14;/h12,14-18,20-21H,2-11,13,30H2,1H3,(H,31,34)(H,32,35);1H/b19-12-;/t15-,16-,17-,18-,20+,21+;/m0./s1. The molecule has 0 spiro atoms. The normalized spacial score (nSPS) is 29.5. The van der Waals surface area contributed by atoms with Gasteiger partial charge in [0, 0.05) is 24.9 Å². The molecular formula is C26H38ClF3N4O5. The van der Waals surface area contributed by atoms with E-state index in [1.807, 2.05) is 0 Å². The first-order chi connectivity index (χ1) is 18.0. The minimum atomic E-state index is -3.16. The number of nitrogens with zero attached hydrogens (tertiary/aromatic N) is 1. The van der Waals surface area contributed by atoms with Crippen molar-refractivity contribution in [2.75, 3.05) is 13.2 Å². The maximum atomic E-state index is 15.0. The number of carbonyl (C=O) groups is 4. The Kier molecular flexibility index (Phi) is 10.3. The molecule has 220 valence electrons. The lowest BCUT2D eigenvalue weighted by atomic mass is 9.71. The first-order valence-corrected chi connectivity index (χ1v) is 13.6. The minimum Gasteiger partial charge on any atom is -0.461 e. The van der Waals surface area contributed by atoms with Gasteiger partial charge in [0.15, 0.2) is 0 Å². The third-order valence-electron chi connectivity index (χ3n) is 8.43. The van der Waals surface area contributed by atoms with Crippen molar-refractivity contribution in [2.24, 2.45) is 23.5 Å². The molecule has 3 aliphatic heterocycles. The SMILES string of the molecule is CCOC(=O)/C(F)=C/[C@H](C[C@@H]1CCNC1=O)NC(=O)[C@H]1[C@@H]2CC[C@@H](CC2(F)F)N1C(=O)[C@H](N)CC1CCC1.Cl.